The smallest absolute Gasteiger partial charge is 0.145 e. The predicted octanol–water partition coefficient (Wildman–Crippen LogP) is 2.66. The fourth-order valence-corrected chi connectivity index (χ4v) is 2.61. The number of hydrogen-bond acceptors (Lipinski definition) is 3. The minimum Gasteiger partial charge on any atom is -0.376 e. The van der Waals surface area contributed by atoms with E-state index in [-0.39, 0.29) is 0 Å². The van der Waals surface area contributed by atoms with Gasteiger partial charge in [0.2, 0.25) is 0 Å². The van der Waals surface area contributed by atoms with Gasteiger partial charge in [-0.1, -0.05) is 60.7 Å². The first kappa shape index (κ1) is 14.0. The Kier molecular flexibility index (Phi) is 4.13. The van der Waals surface area contributed by atoms with Gasteiger partial charge >= 0.3 is 0 Å². The van der Waals surface area contributed by atoms with Gasteiger partial charge in [0.15, 0.2) is 0 Å². The summed E-state index contributed by atoms with van der Waals surface area (Å²) in [5.41, 5.74) is 1.94. The number of carbonyl (C=O) groups excluding carboxylic acids is 1. The summed E-state index contributed by atoms with van der Waals surface area (Å²) in [7, 11) is 0. The number of rotatable bonds is 6. The molecule has 0 N–H and O–H groups in total. The Balaban J connectivity index is 1.82. The molecule has 1 aliphatic rings. The number of aldehydes is 1. The van der Waals surface area contributed by atoms with Crippen LogP contribution < -0.4 is 0 Å². The van der Waals surface area contributed by atoms with Crippen LogP contribution in [-0.2, 0) is 22.6 Å². The topological polar surface area (TPSA) is 29.5 Å². The van der Waals surface area contributed by atoms with Crippen molar-refractivity contribution in [3.63, 3.8) is 0 Å². The summed E-state index contributed by atoms with van der Waals surface area (Å²) in [6.07, 6.45) is 1.04. The van der Waals surface area contributed by atoms with Crippen LogP contribution in [0.2, 0.25) is 0 Å². The molecular weight excluding hydrogens is 262 g/mol. The Hall–Kier alpha value is -1.97. The molecule has 0 saturated carbocycles. The van der Waals surface area contributed by atoms with Gasteiger partial charge in [0.05, 0.1) is 13.2 Å². The Bertz CT molecular complexity index is 537. The minimum absolute atomic E-state index is 0.480. The van der Waals surface area contributed by atoms with Crippen LogP contribution in [0, 0.1) is 0 Å². The molecule has 0 bridgehead atoms. The molecule has 3 heteroatoms. The zero-order valence-corrected chi connectivity index (χ0v) is 11.9. The fourth-order valence-electron chi connectivity index (χ4n) is 2.61. The van der Waals surface area contributed by atoms with E-state index in [2.05, 4.69) is 29.2 Å². The molecule has 0 unspecified atom stereocenters. The van der Waals surface area contributed by atoms with Crippen LogP contribution in [0.15, 0.2) is 60.7 Å². The maximum absolute atomic E-state index is 11.6. The zero-order chi connectivity index (χ0) is 14.5. The lowest BCUT2D eigenvalue weighted by atomic mass is 9.95. The minimum atomic E-state index is -0.480. The van der Waals surface area contributed by atoms with Gasteiger partial charge in [-0.2, -0.15) is 0 Å². The summed E-state index contributed by atoms with van der Waals surface area (Å²) in [6, 6.07) is 20.5. The van der Waals surface area contributed by atoms with Crippen molar-refractivity contribution < 1.29 is 9.53 Å². The van der Waals surface area contributed by atoms with Gasteiger partial charge in [0.1, 0.15) is 11.8 Å². The van der Waals surface area contributed by atoms with Gasteiger partial charge in [0.25, 0.3) is 0 Å². The van der Waals surface area contributed by atoms with Gasteiger partial charge < -0.3 is 9.53 Å². The van der Waals surface area contributed by atoms with Crippen molar-refractivity contribution in [2.45, 2.75) is 18.6 Å². The summed E-state index contributed by atoms with van der Waals surface area (Å²) in [5, 5.41) is 0. The average Bonchev–Trinajstić information content (AvgIpc) is 2.49. The van der Waals surface area contributed by atoms with E-state index in [0.717, 1.165) is 19.4 Å². The van der Waals surface area contributed by atoms with E-state index in [9.17, 15) is 4.79 Å². The first-order valence-corrected chi connectivity index (χ1v) is 7.19. The molecule has 2 aromatic rings. The molecule has 0 radical (unpaired) electrons. The van der Waals surface area contributed by atoms with Gasteiger partial charge in [-0.25, -0.2) is 0 Å². The molecule has 0 atom stereocenters. The van der Waals surface area contributed by atoms with E-state index >= 15 is 0 Å². The lowest BCUT2D eigenvalue weighted by molar-refractivity contribution is -0.159. The molecule has 1 heterocycles. The molecule has 0 aliphatic carbocycles. The Labute approximate surface area is 125 Å². The standard InChI is InChI=1S/C18H19NO2/c20-13-18(14-21-15-18)19(11-16-7-3-1-4-8-16)12-17-9-5-2-6-10-17/h1-10,13H,11-12,14-15H2. The lowest BCUT2D eigenvalue weighted by Crippen LogP contribution is -2.62. The maximum atomic E-state index is 11.6. The second-order valence-electron chi connectivity index (χ2n) is 5.54. The average molecular weight is 281 g/mol. The fraction of sp³-hybridized carbons (Fsp3) is 0.278. The maximum Gasteiger partial charge on any atom is 0.145 e. The quantitative estimate of drug-likeness (QED) is 0.762. The Morgan fingerprint density at radius 1 is 0.905 bits per heavy atom. The van der Waals surface area contributed by atoms with E-state index in [4.69, 9.17) is 4.74 Å². The number of benzene rings is 2. The molecule has 3 nitrogen and oxygen atoms in total. The molecule has 1 fully saturated rings. The molecule has 1 aliphatic heterocycles. The van der Waals surface area contributed by atoms with Crippen LogP contribution >= 0.6 is 0 Å². The second kappa shape index (κ2) is 6.20. The molecule has 1 saturated heterocycles. The monoisotopic (exact) mass is 281 g/mol. The van der Waals surface area contributed by atoms with Crippen molar-refractivity contribution in [2.75, 3.05) is 13.2 Å². The Morgan fingerprint density at radius 2 is 1.38 bits per heavy atom. The van der Waals surface area contributed by atoms with E-state index in [0.29, 0.717) is 13.2 Å². The summed E-state index contributed by atoms with van der Waals surface area (Å²) in [4.78, 5) is 13.8. The summed E-state index contributed by atoms with van der Waals surface area (Å²) >= 11 is 0. The molecule has 0 amide bonds. The van der Waals surface area contributed by atoms with E-state index in [1.165, 1.54) is 11.1 Å². The molecule has 0 spiro atoms. The van der Waals surface area contributed by atoms with Crippen molar-refractivity contribution in [1.29, 1.82) is 0 Å². The van der Waals surface area contributed by atoms with Gasteiger partial charge in [0, 0.05) is 13.1 Å². The largest absolute Gasteiger partial charge is 0.376 e. The highest BCUT2D eigenvalue weighted by Gasteiger charge is 2.44. The van der Waals surface area contributed by atoms with Crippen LogP contribution in [0.5, 0.6) is 0 Å². The third-order valence-corrected chi connectivity index (χ3v) is 3.99. The highest BCUT2D eigenvalue weighted by atomic mass is 16.5. The molecular formula is C18H19NO2. The van der Waals surface area contributed by atoms with Crippen LogP contribution in [-0.4, -0.2) is 29.9 Å². The van der Waals surface area contributed by atoms with Gasteiger partial charge in [-0.15, -0.1) is 0 Å². The highest BCUT2D eigenvalue weighted by Crippen LogP contribution is 2.27. The number of carbonyl (C=O) groups is 1. The van der Waals surface area contributed by atoms with Crippen molar-refractivity contribution in [2.24, 2.45) is 0 Å². The SMILES string of the molecule is O=CC1(N(Cc2ccccc2)Cc2ccccc2)COC1. The molecule has 21 heavy (non-hydrogen) atoms. The van der Waals surface area contributed by atoms with E-state index in [1.807, 2.05) is 36.4 Å². The molecule has 108 valence electrons. The van der Waals surface area contributed by atoms with Crippen molar-refractivity contribution in [3.8, 4) is 0 Å². The number of ether oxygens (including phenoxy) is 1. The van der Waals surface area contributed by atoms with Crippen LogP contribution in [0.3, 0.4) is 0 Å². The summed E-state index contributed by atoms with van der Waals surface area (Å²) in [6.45, 7) is 2.46. The number of nitrogens with zero attached hydrogens (tertiary/aromatic N) is 1. The van der Waals surface area contributed by atoms with Gasteiger partial charge in [-0.05, 0) is 11.1 Å². The summed E-state index contributed by atoms with van der Waals surface area (Å²) < 4.78 is 5.31. The van der Waals surface area contributed by atoms with Gasteiger partial charge in [-0.3, -0.25) is 4.90 Å². The zero-order valence-electron chi connectivity index (χ0n) is 11.9. The normalized spacial score (nSPS) is 16.4. The predicted molar refractivity (Wildman–Crippen MR) is 81.7 cm³/mol. The third kappa shape index (κ3) is 3.04. The van der Waals surface area contributed by atoms with Crippen molar-refractivity contribution in [3.05, 3.63) is 71.8 Å². The van der Waals surface area contributed by atoms with Crippen LogP contribution in [0.25, 0.3) is 0 Å². The van der Waals surface area contributed by atoms with E-state index in [1.54, 1.807) is 0 Å². The molecule has 3 rings (SSSR count). The third-order valence-electron chi connectivity index (χ3n) is 3.99. The molecule has 0 aromatic heterocycles. The summed E-state index contributed by atoms with van der Waals surface area (Å²) in [5.74, 6) is 0. The first-order chi connectivity index (χ1) is 10.3. The van der Waals surface area contributed by atoms with Crippen LogP contribution in [0.1, 0.15) is 11.1 Å². The second-order valence-corrected chi connectivity index (χ2v) is 5.54. The number of hydrogen-bond donors (Lipinski definition) is 0. The van der Waals surface area contributed by atoms with Crippen molar-refractivity contribution >= 4 is 6.29 Å². The van der Waals surface area contributed by atoms with Crippen LogP contribution in [0.4, 0.5) is 0 Å². The molecule has 2 aromatic carbocycles. The van der Waals surface area contributed by atoms with E-state index < -0.39 is 5.54 Å². The Morgan fingerprint density at radius 3 is 1.71 bits per heavy atom. The first-order valence-electron chi connectivity index (χ1n) is 7.19. The van der Waals surface area contributed by atoms with Crippen molar-refractivity contribution in [1.82, 2.24) is 4.90 Å². The lowest BCUT2D eigenvalue weighted by Gasteiger charge is -2.45. The highest BCUT2D eigenvalue weighted by molar-refractivity contribution is 5.66.